The molecule has 2 atom stereocenters. The van der Waals surface area contributed by atoms with Gasteiger partial charge in [0.05, 0.1) is 18.2 Å². The molecule has 0 radical (unpaired) electrons. The highest BCUT2D eigenvalue weighted by molar-refractivity contribution is 7.90. The molecule has 0 bridgehead atoms. The fourth-order valence-electron chi connectivity index (χ4n) is 2.81. The number of nitrogens with two attached hydrogens (primary N) is 1. The van der Waals surface area contributed by atoms with E-state index in [2.05, 4.69) is 10.4 Å². The van der Waals surface area contributed by atoms with Crippen LogP contribution in [0.1, 0.15) is 32.6 Å². The zero-order valence-electron chi connectivity index (χ0n) is 13.1. The number of rotatable bonds is 5. The fourth-order valence-corrected chi connectivity index (χ4v) is 3.33. The summed E-state index contributed by atoms with van der Waals surface area (Å²) in [5.41, 5.74) is 5.74. The third kappa shape index (κ3) is 4.54. The summed E-state index contributed by atoms with van der Waals surface area (Å²) in [4.78, 5) is 12.4. The predicted molar refractivity (Wildman–Crippen MR) is 85.1 cm³/mol. The van der Waals surface area contributed by atoms with Crippen molar-refractivity contribution in [3.63, 3.8) is 0 Å². The highest BCUT2D eigenvalue weighted by atomic mass is 32.2. The third-order valence-corrected chi connectivity index (χ3v) is 5.08. The van der Waals surface area contributed by atoms with Crippen molar-refractivity contribution in [1.29, 1.82) is 0 Å². The van der Waals surface area contributed by atoms with E-state index in [1.165, 1.54) is 10.9 Å². The molecule has 0 saturated heterocycles. The first-order chi connectivity index (χ1) is 10.2. The average Bonchev–Trinajstić information content (AvgIpc) is 2.82. The number of aromatic nitrogens is 2. The van der Waals surface area contributed by atoms with Gasteiger partial charge < -0.3 is 11.1 Å². The van der Waals surface area contributed by atoms with Crippen molar-refractivity contribution in [2.75, 3.05) is 17.3 Å². The van der Waals surface area contributed by atoms with Crippen LogP contribution in [0.25, 0.3) is 0 Å². The van der Waals surface area contributed by atoms with Crippen LogP contribution in [0.3, 0.4) is 0 Å². The van der Waals surface area contributed by atoms with Gasteiger partial charge in [0.1, 0.15) is 9.84 Å². The van der Waals surface area contributed by atoms with E-state index >= 15 is 0 Å². The average molecular weight is 328 g/mol. The molecule has 1 aliphatic carbocycles. The molecule has 8 heteroatoms. The van der Waals surface area contributed by atoms with Crippen LogP contribution in [0.15, 0.2) is 12.3 Å². The van der Waals surface area contributed by atoms with Gasteiger partial charge in [-0.15, -0.1) is 0 Å². The second kappa shape index (κ2) is 6.37. The van der Waals surface area contributed by atoms with Gasteiger partial charge in [0.15, 0.2) is 5.82 Å². The standard InChI is InChI=1S/C14H24N4O3S/c1-14(15)7-4-3-5-11(14)13(19)16-12-6-8-18(17-12)9-10-22(2,20)21/h6,8,11H,3-5,7,9-10,15H2,1-2H3,(H,16,17,19). The number of amides is 1. The van der Waals surface area contributed by atoms with Gasteiger partial charge in [0.25, 0.3) is 0 Å². The Hall–Kier alpha value is -1.41. The molecule has 124 valence electrons. The van der Waals surface area contributed by atoms with Gasteiger partial charge in [0, 0.05) is 24.1 Å². The summed E-state index contributed by atoms with van der Waals surface area (Å²) in [5, 5.41) is 6.96. The van der Waals surface area contributed by atoms with Crippen LogP contribution in [0.4, 0.5) is 5.82 Å². The number of carbonyl (C=O) groups is 1. The molecule has 0 aliphatic heterocycles. The van der Waals surface area contributed by atoms with Crippen LogP contribution in [0.5, 0.6) is 0 Å². The monoisotopic (exact) mass is 328 g/mol. The zero-order valence-corrected chi connectivity index (χ0v) is 13.9. The van der Waals surface area contributed by atoms with Crippen molar-refractivity contribution < 1.29 is 13.2 Å². The Labute approximate surface area is 131 Å². The molecular formula is C14H24N4O3S. The molecule has 1 heterocycles. The Balaban J connectivity index is 1.96. The van der Waals surface area contributed by atoms with Gasteiger partial charge >= 0.3 is 0 Å². The van der Waals surface area contributed by atoms with Crippen LogP contribution < -0.4 is 11.1 Å². The first-order valence-electron chi connectivity index (χ1n) is 7.48. The van der Waals surface area contributed by atoms with Crippen molar-refractivity contribution in [2.45, 2.75) is 44.7 Å². The smallest absolute Gasteiger partial charge is 0.230 e. The summed E-state index contributed by atoms with van der Waals surface area (Å²) in [5.74, 6) is 0.117. The van der Waals surface area contributed by atoms with E-state index in [0.717, 1.165) is 25.7 Å². The normalized spacial score (nSPS) is 25.9. The van der Waals surface area contributed by atoms with Crippen LogP contribution in [-0.4, -0.2) is 41.7 Å². The minimum Gasteiger partial charge on any atom is -0.325 e. The molecule has 1 aliphatic rings. The Morgan fingerprint density at radius 2 is 2.27 bits per heavy atom. The molecular weight excluding hydrogens is 304 g/mol. The summed E-state index contributed by atoms with van der Waals surface area (Å²) in [7, 11) is -3.03. The number of aryl methyl sites for hydroxylation is 1. The summed E-state index contributed by atoms with van der Waals surface area (Å²) in [6.07, 6.45) is 6.53. The molecule has 2 unspecified atom stereocenters. The molecule has 7 nitrogen and oxygen atoms in total. The maximum Gasteiger partial charge on any atom is 0.230 e. The third-order valence-electron chi connectivity index (χ3n) is 4.15. The van der Waals surface area contributed by atoms with Gasteiger partial charge in [0.2, 0.25) is 5.91 Å². The molecule has 1 amide bonds. The van der Waals surface area contributed by atoms with E-state index in [4.69, 9.17) is 5.73 Å². The van der Waals surface area contributed by atoms with Crippen molar-refractivity contribution in [3.8, 4) is 0 Å². The molecule has 22 heavy (non-hydrogen) atoms. The van der Waals surface area contributed by atoms with E-state index in [1.54, 1.807) is 12.3 Å². The lowest BCUT2D eigenvalue weighted by molar-refractivity contribution is -0.122. The van der Waals surface area contributed by atoms with Crippen LogP contribution in [-0.2, 0) is 21.2 Å². The van der Waals surface area contributed by atoms with Crippen LogP contribution in [0.2, 0.25) is 0 Å². The van der Waals surface area contributed by atoms with E-state index in [0.29, 0.717) is 5.82 Å². The van der Waals surface area contributed by atoms with Gasteiger partial charge in [-0.1, -0.05) is 12.8 Å². The van der Waals surface area contributed by atoms with E-state index < -0.39 is 15.4 Å². The van der Waals surface area contributed by atoms with E-state index in [9.17, 15) is 13.2 Å². The molecule has 0 spiro atoms. The minimum atomic E-state index is -3.03. The fraction of sp³-hybridized carbons (Fsp3) is 0.714. The summed E-state index contributed by atoms with van der Waals surface area (Å²) >= 11 is 0. The highest BCUT2D eigenvalue weighted by Gasteiger charge is 2.37. The van der Waals surface area contributed by atoms with Gasteiger partial charge in [-0.05, 0) is 19.8 Å². The lowest BCUT2D eigenvalue weighted by Crippen LogP contribution is -2.51. The Morgan fingerprint density at radius 3 is 2.91 bits per heavy atom. The van der Waals surface area contributed by atoms with Crippen molar-refractivity contribution in [2.24, 2.45) is 11.7 Å². The summed E-state index contributed by atoms with van der Waals surface area (Å²) in [6.45, 7) is 2.19. The number of nitrogens with one attached hydrogen (secondary N) is 1. The number of carbonyl (C=O) groups excluding carboxylic acids is 1. The lowest BCUT2D eigenvalue weighted by Gasteiger charge is -2.37. The Kier molecular flexibility index (Phi) is 4.91. The first-order valence-corrected chi connectivity index (χ1v) is 9.54. The summed E-state index contributed by atoms with van der Waals surface area (Å²) < 4.78 is 23.8. The Bertz CT molecular complexity index is 636. The molecule has 1 aromatic heterocycles. The SMILES string of the molecule is CC1(N)CCCCC1C(=O)Nc1ccn(CCS(C)(=O)=O)n1. The predicted octanol–water partition coefficient (Wildman–Crippen LogP) is 0.774. The molecule has 3 N–H and O–H groups in total. The maximum absolute atomic E-state index is 12.4. The van der Waals surface area contributed by atoms with Gasteiger partial charge in [-0.2, -0.15) is 5.10 Å². The van der Waals surface area contributed by atoms with Crippen LogP contribution in [0, 0.1) is 5.92 Å². The van der Waals surface area contributed by atoms with E-state index in [-0.39, 0.29) is 24.1 Å². The molecule has 0 aromatic carbocycles. The minimum absolute atomic E-state index is 0.0194. The second-order valence-electron chi connectivity index (χ2n) is 6.39. The van der Waals surface area contributed by atoms with Crippen LogP contribution >= 0.6 is 0 Å². The molecule has 1 fully saturated rings. The topological polar surface area (TPSA) is 107 Å². The Morgan fingerprint density at radius 1 is 1.55 bits per heavy atom. The maximum atomic E-state index is 12.4. The highest BCUT2D eigenvalue weighted by Crippen LogP contribution is 2.32. The van der Waals surface area contributed by atoms with Crippen molar-refractivity contribution >= 4 is 21.6 Å². The van der Waals surface area contributed by atoms with Gasteiger partial charge in [-0.25, -0.2) is 8.42 Å². The van der Waals surface area contributed by atoms with E-state index in [1.807, 2.05) is 6.92 Å². The summed E-state index contributed by atoms with van der Waals surface area (Å²) in [6, 6.07) is 1.66. The molecule has 1 aromatic rings. The molecule has 2 rings (SSSR count). The second-order valence-corrected chi connectivity index (χ2v) is 8.65. The number of hydrogen-bond acceptors (Lipinski definition) is 5. The molecule has 1 saturated carbocycles. The zero-order chi connectivity index (χ0) is 16.4. The number of nitrogens with zero attached hydrogens (tertiary/aromatic N) is 2. The van der Waals surface area contributed by atoms with Crippen molar-refractivity contribution in [3.05, 3.63) is 12.3 Å². The van der Waals surface area contributed by atoms with Crippen molar-refractivity contribution in [1.82, 2.24) is 9.78 Å². The lowest BCUT2D eigenvalue weighted by atomic mass is 9.74. The number of hydrogen-bond donors (Lipinski definition) is 2. The quantitative estimate of drug-likeness (QED) is 0.830. The number of anilines is 1. The first kappa shape index (κ1) is 17.0. The largest absolute Gasteiger partial charge is 0.325 e. The number of sulfone groups is 1. The van der Waals surface area contributed by atoms with Gasteiger partial charge in [-0.3, -0.25) is 9.48 Å².